The summed E-state index contributed by atoms with van der Waals surface area (Å²) in [5.41, 5.74) is 0.794. The summed E-state index contributed by atoms with van der Waals surface area (Å²) >= 11 is 0. The van der Waals surface area contributed by atoms with Crippen molar-refractivity contribution in [3.05, 3.63) is 0 Å². The molecule has 4 saturated carbocycles. The van der Waals surface area contributed by atoms with Gasteiger partial charge in [-0.3, -0.25) is 0 Å². The maximum atomic E-state index is 11.4. The molecule has 4 unspecified atom stereocenters. The van der Waals surface area contributed by atoms with Crippen LogP contribution in [0.4, 0.5) is 0 Å². The van der Waals surface area contributed by atoms with E-state index in [-0.39, 0.29) is 12.2 Å². The minimum atomic E-state index is -0.136. The van der Waals surface area contributed by atoms with Crippen LogP contribution in [0.25, 0.3) is 0 Å². The van der Waals surface area contributed by atoms with Crippen molar-refractivity contribution >= 4 is 0 Å². The fourth-order valence-electron chi connectivity index (χ4n) is 9.22. The predicted molar refractivity (Wildman–Crippen MR) is 120 cm³/mol. The van der Waals surface area contributed by atoms with Crippen molar-refractivity contribution in [3.63, 3.8) is 0 Å². The van der Waals surface area contributed by atoms with Gasteiger partial charge < -0.3 is 10.2 Å². The van der Waals surface area contributed by atoms with Gasteiger partial charge in [-0.1, -0.05) is 53.9 Å². The van der Waals surface area contributed by atoms with E-state index in [0.717, 1.165) is 42.9 Å². The van der Waals surface area contributed by atoms with E-state index < -0.39 is 0 Å². The molecule has 0 radical (unpaired) electrons. The van der Waals surface area contributed by atoms with Crippen molar-refractivity contribution < 1.29 is 10.2 Å². The second-order valence-electron chi connectivity index (χ2n) is 12.8. The van der Waals surface area contributed by atoms with Gasteiger partial charge in [-0.05, 0) is 104 Å². The molecule has 0 bridgehead atoms. The molecule has 0 aromatic heterocycles. The Morgan fingerprint density at radius 3 is 2.24 bits per heavy atom. The smallest absolute Gasteiger partial charge is 0.0577 e. The Morgan fingerprint density at radius 2 is 1.52 bits per heavy atom. The summed E-state index contributed by atoms with van der Waals surface area (Å²) in [6.07, 6.45) is 13.3. The van der Waals surface area contributed by atoms with Crippen molar-refractivity contribution in [2.45, 2.75) is 117 Å². The number of fused-ring (bicyclic) bond motifs is 5. The van der Waals surface area contributed by atoms with Gasteiger partial charge in [0, 0.05) is 0 Å². The normalized spacial score (nSPS) is 50.7. The van der Waals surface area contributed by atoms with Crippen molar-refractivity contribution in [3.8, 4) is 0 Å². The minimum absolute atomic E-state index is 0.131. The second kappa shape index (κ2) is 8.12. The van der Waals surface area contributed by atoms with Crippen LogP contribution in [-0.4, -0.2) is 22.4 Å². The van der Waals surface area contributed by atoms with Crippen LogP contribution in [0, 0.1) is 52.3 Å². The first kappa shape index (κ1) is 22.1. The molecule has 0 amide bonds. The third kappa shape index (κ3) is 3.73. The molecule has 4 aliphatic carbocycles. The van der Waals surface area contributed by atoms with Gasteiger partial charge in [-0.2, -0.15) is 0 Å². The fourth-order valence-corrected chi connectivity index (χ4v) is 9.22. The van der Waals surface area contributed by atoms with Crippen LogP contribution < -0.4 is 0 Å². The van der Waals surface area contributed by atoms with Gasteiger partial charge in [0.25, 0.3) is 0 Å². The van der Waals surface area contributed by atoms with Gasteiger partial charge in [0.2, 0.25) is 0 Å². The summed E-state index contributed by atoms with van der Waals surface area (Å²) in [6.45, 7) is 12.4. The fraction of sp³-hybridized carbons (Fsp3) is 1.00. The molecule has 4 rings (SSSR count). The molecule has 4 aliphatic rings. The van der Waals surface area contributed by atoms with E-state index in [2.05, 4.69) is 34.6 Å². The highest BCUT2D eigenvalue weighted by Gasteiger charge is 2.62. The largest absolute Gasteiger partial charge is 0.393 e. The van der Waals surface area contributed by atoms with Crippen LogP contribution in [0.5, 0.6) is 0 Å². The average molecular weight is 405 g/mol. The Morgan fingerprint density at radius 1 is 0.828 bits per heavy atom. The van der Waals surface area contributed by atoms with Crippen LogP contribution in [0.2, 0.25) is 0 Å². The lowest BCUT2D eigenvalue weighted by molar-refractivity contribution is -0.174. The Kier molecular flexibility index (Phi) is 6.19. The number of aliphatic hydroxyl groups is 2. The van der Waals surface area contributed by atoms with Crippen molar-refractivity contribution in [1.82, 2.24) is 0 Å². The van der Waals surface area contributed by atoms with Crippen LogP contribution in [0.15, 0.2) is 0 Å². The lowest BCUT2D eigenvalue weighted by atomic mass is 9.43. The monoisotopic (exact) mass is 404 g/mol. The van der Waals surface area contributed by atoms with Crippen molar-refractivity contribution in [2.24, 2.45) is 52.3 Å². The maximum absolute atomic E-state index is 11.4. The summed E-state index contributed by atoms with van der Waals surface area (Å²) in [5, 5.41) is 21.6. The number of rotatable bonds is 5. The van der Waals surface area contributed by atoms with E-state index in [1.165, 1.54) is 51.4 Å². The van der Waals surface area contributed by atoms with E-state index >= 15 is 0 Å². The van der Waals surface area contributed by atoms with E-state index in [4.69, 9.17) is 0 Å². The second-order valence-corrected chi connectivity index (χ2v) is 12.8. The number of hydrogen-bond donors (Lipinski definition) is 2. The van der Waals surface area contributed by atoms with Gasteiger partial charge in [0.1, 0.15) is 0 Å². The molecule has 2 heteroatoms. The topological polar surface area (TPSA) is 40.5 Å². The maximum Gasteiger partial charge on any atom is 0.0577 e. The van der Waals surface area contributed by atoms with E-state index in [9.17, 15) is 10.2 Å². The summed E-state index contributed by atoms with van der Waals surface area (Å²) < 4.78 is 0. The summed E-state index contributed by atoms with van der Waals surface area (Å²) in [5.74, 6) is 4.94. The van der Waals surface area contributed by atoms with Crippen molar-refractivity contribution in [1.29, 1.82) is 0 Å². The molecule has 10 atom stereocenters. The lowest BCUT2D eigenvalue weighted by Crippen LogP contribution is -2.58. The van der Waals surface area contributed by atoms with E-state index in [0.29, 0.717) is 28.6 Å². The number of hydrogen-bond acceptors (Lipinski definition) is 2. The van der Waals surface area contributed by atoms with Gasteiger partial charge in [0.15, 0.2) is 0 Å². The molecule has 0 aliphatic heterocycles. The van der Waals surface area contributed by atoms with Crippen LogP contribution in [0.1, 0.15) is 105 Å². The molecule has 0 saturated heterocycles. The highest BCUT2D eigenvalue weighted by molar-refractivity contribution is 5.11. The first-order valence-electron chi connectivity index (χ1n) is 13.0. The van der Waals surface area contributed by atoms with Gasteiger partial charge in [0.05, 0.1) is 12.2 Å². The molecule has 0 aromatic carbocycles. The molecule has 4 fully saturated rings. The Hall–Kier alpha value is -0.0800. The standard InChI is InChI=1S/C27H48O2/c1-17(2)7-6-8-18(3)21-9-10-22-25-23(12-14-27(21,22)5)26(4)13-11-20(28)15-19(26)16-24(25)29/h17-25,28-29H,6-16H2,1-5H3/t18-,19-,20+,21?,22?,23?,24+,25?,26+,27-/m1/s1. The molecule has 0 heterocycles. The third-order valence-corrected chi connectivity index (χ3v) is 10.9. The molecule has 29 heavy (non-hydrogen) atoms. The molecule has 168 valence electrons. The third-order valence-electron chi connectivity index (χ3n) is 10.9. The Bertz CT molecular complexity index is 573. The van der Waals surface area contributed by atoms with Gasteiger partial charge in [-0.25, -0.2) is 0 Å². The first-order valence-corrected chi connectivity index (χ1v) is 13.0. The SMILES string of the molecule is CC(C)CCC[C@@H](C)C1CCC2C3C(CC[C@@]21C)[C@@]1(C)CC[C@H](O)C[C@@H]1C[C@@H]3O. The lowest BCUT2D eigenvalue weighted by Gasteiger charge is -2.62. The Labute approximate surface area is 180 Å². The zero-order chi connectivity index (χ0) is 21.0. The number of aliphatic hydroxyl groups excluding tert-OH is 2. The quantitative estimate of drug-likeness (QED) is 0.553. The zero-order valence-electron chi connectivity index (χ0n) is 19.9. The predicted octanol–water partition coefficient (Wildman–Crippen LogP) is 6.44. The summed E-state index contributed by atoms with van der Waals surface area (Å²) in [4.78, 5) is 0. The highest BCUT2D eigenvalue weighted by Crippen LogP contribution is 2.68. The molecule has 2 nitrogen and oxygen atoms in total. The summed E-state index contributed by atoms with van der Waals surface area (Å²) in [7, 11) is 0. The highest BCUT2D eigenvalue weighted by atomic mass is 16.3. The molecular formula is C27H48O2. The summed E-state index contributed by atoms with van der Waals surface area (Å²) in [6, 6.07) is 0. The minimum Gasteiger partial charge on any atom is -0.393 e. The zero-order valence-corrected chi connectivity index (χ0v) is 19.9. The Balaban J connectivity index is 1.50. The van der Waals surface area contributed by atoms with Crippen LogP contribution in [0.3, 0.4) is 0 Å². The van der Waals surface area contributed by atoms with Crippen LogP contribution >= 0.6 is 0 Å². The average Bonchev–Trinajstić information content (AvgIpc) is 3.00. The molecular weight excluding hydrogens is 356 g/mol. The van der Waals surface area contributed by atoms with Gasteiger partial charge >= 0.3 is 0 Å². The van der Waals surface area contributed by atoms with E-state index in [1.54, 1.807) is 0 Å². The van der Waals surface area contributed by atoms with Crippen molar-refractivity contribution in [2.75, 3.05) is 0 Å². The molecule has 0 aromatic rings. The molecule has 0 spiro atoms. The van der Waals surface area contributed by atoms with Crippen LogP contribution in [-0.2, 0) is 0 Å². The molecule has 2 N–H and O–H groups in total. The first-order chi connectivity index (χ1) is 13.7. The van der Waals surface area contributed by atoms with Gasteiger partial charge in [-0.15, -0.1) is 0 Å². The van der Waals surface area contributed by atoms with E-state index in [1.807, 2.05) is 0 Å².